The summed E-state index contributed by atoms with van der Waals surface area (Å²) in [4.78, 5) is 43.4. The summed E-state index contributed by atoms with van der Waals surface area (Å²) in [5.41, 5.74) is -0.291. The Bertz CT molecular complexity index is 1110. The number of ether oxygens (including phenoxy) is 1. The summed E-state index contributed by atoms with van der Waals surface area (Å²) >= 11 is 0. The fraction of sp³-hybridized carbons (Fsp3) is 0.368. The van der Waals surface area contributed by atoms with Crippen molar-refractivity contribution < 1.29 is 13.9 Å². The monoisotopic (exact) mass is 388 g/mol. The Labute approximate surface area is 159 Å². The van der Waals surface area contributed by atoms with Gasteiger partial charge >= 0.3 is 11.7 Å². The average molecular weight is 388 g/mol. The summed E-state index contributed by atoms with van der Waals surface area (Å²) in [6.45, 7) is 4.49. The Balaban J connectivity index is 1.95. The van der Waals surface area contributed by atoms with E-state index in [-0.39, 0.29) is 23.3 Å². The van der Waals surface area contributed by atoms with Crippen molar-refractivity contribution in [2.24, 2.45) is 0 Å². The molecule has 0 radical (unpaired) electrons. The van der Waals surface area contributed by atoms with Crippen LogP contribution in [0.1, 0.15) is 42.9 Å². The number of esters is 1. The van der Waals surface area contributed by atoms with E-state index in [0.29, 0.717) is 18.9 Å². The van der Waals surface area contributed by atoms with Gasteiger partial charge in [0.05, 0.1) is 5.56 Å². The fourth-order valence-corrected chi connectivity index (χ4v) is 2.99. The maximum Gasteiger partial charge on any atom is 0.338 e. The highest BCUT2D eigenvalue weighted by atomic mass is 19.1. The number of unbranched alkanes of at least 4 members (excludes halogenated alkanes) is 1. The molecule has 2 aromatic heterocycles. The van der Waals surface area contributed by atoms with Gasteiger partial charge in [-0.15, -0.1) is 0 Å². The molecule has 0 saturated heterocycles. The van der Waals surface area contributed by atoms with E-state index in [4.69, 9.17) is 4.74 Å². The molecule has 3 rings (SSSR count). The molecule has 8 nitrogen and oxygen atoms in total. The zero-order valence-electron chi connectivity index (χ0n) is 15.7. The van der Waals surface area contributed by atoms with Crippen LogP contribution in [0, 0.1) is 5.82 Å². The molecule has 1 N–H and O–H groups in total. The second kappa shape index (κ2) is 8.20. The van der Waals surface area contributed by atoms with Crippen LogP contribution in [0.4, 0.5) is 4.39 Å². The molecular weight excluding hydrogens is 367 g/mol. The number of aryl methyl sites for hydroxylation is 2. The minimum Gasteiger partial charge on any atom is -0.454 e. The van der Waals surface area contributed by atoms with E-state index >= 15 is 0 Å². The van der Waals surface area contributed by atoms with Crippen LogP contribution in [0.15, 0.2) is 33.9 Å². The molecule has 28 heavy (non-hydrogen) atoms. The first-order chi connectivity index (χ1) is 13.5. The van der Waals surface area contributed by atoms with Crippen LogP contribution < -0.4 is 11.2 Å². The molecule has 0 atom stereocenters. The zero-order chi connectivity index (χ0) is 20.3. The van der Waals surface area contributed by atoms with E-state index in [9.17, 15) is 18.8 Å². The van der Waals surface area contributed by atoms with Gasteiger partial charge in [0, 0.05) is 13.1 Å². The first-order valence-corrected chi connectivity index (χ1v) is 9.11. The number of aromatic amines is 1. The number of hydrogen-bond donors (Lipinski definition) is 1. The molecule has 1 aromatic carbocycles. The molecule has 0 aliphatic carbocycles. The number of carbonyl (C=O) groups excluding carboxylic acids is 1. The SMILES string of the molecule is CCCCn1c(=O)[nH]c(=O)c2c1nc(COC(=O)c1ccc(F)cc1)n2CC. The maximum atomic E-state index is 13.0. The molecule has 148 valence electrons. The predicted octanol–water partition coefficient (Wildman–Crippen LogP) is 2.20. The molecule has 0 spiro atoms. The zero-order valence-corrected chi connectivity index (χ0v) is 15.7. The van der Waals surface area contributed by atoms with Gasteiger partial charge in [-0.05, 0) is 37.6 Å². The van der Waals surface area contributed by atoms with Crippen LogP contribution in [0.5, 0.6) is 0 Å². The van der Waals surface area contributed by atoms with Gasteiger partial charge in [-0.1, -0.05) is 13.3 Å². The van der Waals surface area contributed by atoms with Crippen molar-refractivity contribution in [1.29, 1.82) is 0 Å². The molecule has 0 amide bonds. The van der Waals surface area contributed by atoms with Gasteiger partial charge in [0.15, 0.2) is 11.2 Å². The first-order valence-electron chi connectivity index (χ1n) is 9.11. The summed E-state index contributed by atoms with van der Waals surface area (Å²) in [5.74, 6) is -0.727. The minimum absolute atomic E-state index is 0.180. The molecule has 3 aromatic rings. The van der Waals surface area contributed by atoms with Crippen molar-refractivity contribution in [2.75, 3.05) is 0 Å². The second-order valence-electron chi connectivity index (χ2n) is 6.29. The summed E-state index contributed by atoms with van der Waals surface area (Å²) in [6.07, 6.45) is 1.64. The Kier molecular flexibility index (Phi) is 5.72. The predicted molar refractivity (Wildman–Crippen MR) is 101 cm³/mol. The molecule has 2 heterocycles. The van der Waals surface area contributed by atoms with Gasteiger partial charge < -0.3 is 9.30 Å². The van der Waals surface area contributed by atoms with E-state index in [1.54, 1.807) is 4.57 Å². The Morgan fingerprint density at radius 2 is 1.89 bits per heavy atom. The van der Waals surface area contributed by atoms with Crippen molar-refractivity contribution in [3.8, 4) is 0 Å². The lowest BCUT2D eigenvalue weighted by Gasteiger charge is -2.07. The molecule has 0 bridgehead atoms. The van der Waals surface area contributed by atoms with Crippen LogP contribution in [-0.4, -0.2) is 25.1 Å². The molecule has 0 fully saturated rings. The Hall–Kier alpha value is -3.23. The van der Waals surface area contributed by atoms with Gasteiger partial charge in [0.25, 0.3) is 5.56 Å². The minimum atomic E-state index is -0.632. The molecule has 0 unspecified atom stereocenters. The number of fused-ring (bicyclic) bond motifs is 1. The molecule has 0 saturated carbocycles. The average Bonchev–Trinajstić information content (AvgIpc) is 3.05. The number of imidazole rings is 1. The Morgan fingerprint density at radius 1 is 1.18 bits per heavy atom. The highest BCUT2D eigenvalue weighted by molar-refractivity contribution is 5.89. The number of nitrogens with one attached hydrogen (secondary N) is 1. The fourth-order valence-electron chi connectivity index (χ4n) is 2.99. The van der Waals surface area contributed by atoms with Crippen molar-refractivity contribution >= 4 is 17.1 Å². The molecule has 0 aliphatic rings. The van der Waals surface area contributed by atoms with Gasteiger partial charge in [-0.2, -0.15) is 0 Å². The number of rotatable bonds is 7. The smallest absolute Gasteiger partial charge is 0.338 e. The topological polar surface area (TPSA) is 99.0 Å². The molecule has 9 heteroatoms. The van der Waals surface area contributed by atoms with E-state index in [2.05, 4.69) is 9.97 Å². The summed E-state index contributed by atoms with van der Waals surface area (Å²) in [7, 11) is 0. The van der Waals surface area contributed by atoms with Crippen molar-refractivity contribution in [1.82, 2.24) is 19.1 Å². The Morgan fingerprint density at radius 3 is 2.54 bits per heavy atom. The largest absolute Gasteiger partial charge is 0.454 e. The number of aromatic nitrogens is 4. The number of nitrogens with zero attached hydrogens (tertiary/aromatic N) is 3. The standard InChI is InChI=1S/C19H21FN4O4/c1-3-5-10-24-16-15(17(25)22-19(24)27)23(4-2)14(21-16)11-28-18(26)12-6-8-13(20)9-7-12/h6-9H,3-5,10-11H2,1-2H3,(H,22,25,27). The van der Waals surface area contributed by atoms with E-state index in [1.165, 1.54) is 28.8 Å². The van der Waals surface area contributed by atoms with Crippen molar-refractivity contribution in [3.63, 3.8) is 0 Å². The molecule has 0 aliphatic heterocycles. The third kappa shape index (κ3) is 3.73. The quantitative estimate of drug-likeness (QED) is 0.626. The first kappa shape index (κ1) is 19.5. The van der Waals surface area contributed by atoms with Gasteiger partial charge in [0.2, 0.25) is 0 Å². The van der Waals surface area contributed by atoms with E-state index < -0.39 is 23.0 Å². The third-order valence-electron chi connectivity index (χ3n) is 4.43. The maximum absolute atomic E-state index is 13.0. The number of halogens is 1. The van der Waals surface area contributed by atoms with Crippen LogP contribution in [-0.2, 0) is 24.4 Å². The lowest BCUT2D eigenvalue weighted by molar-refractivity contribution is 0.0458. The van der Waals surface area contributed by atoms with Gasteiger partial charge in [-0.3, -0.25) is 14.3 Å². The van der Waals surface area contributed by atoms with Gasteiger partial charge in [0.1, 0.15) is 18.2 Å². The lowest BCUT2D eigenvalue weighted by atomic mass is 10.2. The van der Waals surface area contributed by atoms with E-state index in [1.807, 2.05) is 13.8 Å². The lowest BCUT2D eigenvalue weighted by Crippen LogP contribution is -2.31. The highest BCUT2D eigenvalue weighted by Crippen LogP contribution is 2.14. The van der Waals surface area contributed by atoms with Crippen LogP contribution in [0.2, 0.25) is 0 Å². The van der Waals surface area contributed by atoms with Crippen molar-refractivity contribution in [3.05, 3.63) is 62.3 Å². The summed E-state index contributed by atoms with van der Waals surface area (Å²) < 4.78 is 21.3. The molecular formula is C19H21FN4O4. The normalized spacial score (nSPS) is 11.1. The van der Waals surface area contributed by atoms with E-state index in [0.717, 1.165) is 12.8 Å². The number of benzene rings is 1. The van der Waals surface area contributed by atoms with Crippen LogP contribution in [0.25, 0.3) is 11.2 Å². The summed E-state index contributed by atoms with van der Waals surface area (Å²) in [5, 5.41) is 0. The highest BCUT2D eigenvalue weighted by Gasteiger charge is 2.19. The van der Waals surface area contributed by atoms with Crippen molar-refractivity contribution in [2.45, 2.75) is 46.4 Å². The second-order valence-corrected chi connectivity index (χ2v) is 6.29. The third-order valence-corrected chi connectivity index (χ3v) is 4.43. The van der Waals surface area contributed by atoms with Crippen LogP contribution >= 0.6 is 0 Å². The van der Waals surface area contributed by atoms with Crippen LogP contribution in [0.3, 0.4) is 0 Å². The number of carbonyl (C=O) groups is 1. The summed E-state index contributed by atoms with van der Waals surface area (Å²) in [6, 6.07) is 4.99. The van der Waals surface area contributed by atoms with Gasteiger partial charge in [-0.25, -0.2) is 19.0 Å². The number of hydrogen-bond acceptors (Lipinski definition) is 5. The number of H-pyrrole nitrogens is 1.